The van der Waals surface area contributed by atoms with E-state index >= 15 is 0 Å². The van der Waals surface area contributed by atoms with E-state index in [1.807, 2.05) is 18.2 Å². The molecule has 1 aromatic heterocycles. The van der Waals surface area contributed by atoms with Gasteiger partial charge in [-0.1, -0.05) is 6.07 Å². The molecule has 0 saturated heterocycles. The van der Waals surface area contributed by atoms with Crippen LogP contribution in [0.2, 0.25) is 0 Å². The van der Waals surface area contributed by atoms with E-state index in [1.165, 1.54) is 11.3 Å². The standard InChI is InChI=1S/C10H7NOS2/c11-4-9-10(13)7-3-6(5-12)1-2-8(7)14-9/h1-3,12-13H,5H2. The molecule has 0 aliphatic rings. The second-order valence-corrected chi connectivity index (χ2v) is 4.38. The maximum absolute atomic E-state index is 8.97. The lowest BCUT2D eigenvalue weighted by atomic mass is 10.2. The van der Waals surface area contributed by atoms with Gasteiger partial charge in [0.25, 0.3) is 0 Å². The lowest BCUT2D eigenvalue weighted by molar-refractivity contribution is 0.282. The SMILES string of the molecule is N#Cc1sc2ccc(CO)cc2c1S. The summed E-state index contributed by atoms with van der Waals surface area (Å²) in [7, 11) is 0. The second-order valence-electron chi connectivity index (χ2n) is 2.88. The molecule has 2 aromatic rings. The monoisotopic (exact) mass is 221 g/mol. The summed E-state index contributed by atoms with van der Waals surface area (Å²) in [4.78, 5) is 1.33. The van der Waals surface area contributed by atoms with Crippen molar-refractivity contribution in [3.05, 3.63) is 28.6 Å². The van der Waals surface area contributed by atoms with Gasteiger partial charge in [0.15, 0.2) is 0 Å². The molecule has 0 atom stereocenters. The van der Waals surface area contributed by atoms with Gasteiger partial charge in [0.05, 0.1) is 6.61 Å². The van der Waals surface area contributed by atoms with Crippen LogP contribution in [-0.2, 0) is 6.61 Å². The minimum Gasteiger partial charge on any atom is -0.392 e. The Morgan fingerprint density at radius 3 is 2.93 bits per heavy atom. The van der Waals surface area contributed by atoms with Crippen molar-refractivity contribution in [2.45, 2.75) is 11.5 Å². The average molecular weight is 221 g/mol. The summed E-state index contributed by atoms with van der Waals surface area (Å²) < 4.78 is 1.03. The molecular formula is C10H7NOS2. The summed E-state index contributed by atoms with van der Waals surface area (Å²) in [5.74, 6) is 0. The highest BCUT2D eigenvalue weighted by atomic mass is 32.1. The van der Waals surface area contributed by atoms with Crippen molar-refractivity contribution < 1.29 is 5.11 Å². The highest BCUT2D eigenvalue weighted by molar-refractivity contribution is 7.80. The summed E-state index contributed by atoms with van der Waals surface area (Å²) >= 11 is 5.71. The molecule has 0 radical (unpaired) electrons. The molecule has 1 heterocycles. The predicted octanol–water partition coefficient (Wildman–Crippen LogP) is 2.55. The minimum atomic E-state index is 0.0148. The van der Waals surface area contributed by atoms with Crippen molar-refractivity contribution in [3.63, 3.8) is 0 Å². The molecule has 2 rings (SSSR count). The first-order valence-electron chi connectivity index (χ1n) is 4.01. The average Bonchev–Trinajstić information content (AvgIpc) is 2.55. The fourth-order valence-corrected chi connectivity index (χ4v) is 2.63. The molecular weight excluding hydrogens is 214 g/mol. The number of thiol groups is 1. The number of nitriles is 1. The molecule has 0 saturated carbocycles. The number of hydrogen-bond acceptors (Lipinski definition) is 4. The smallest absolute Gasteiger partial charge is 0.119 e. The normalized spacial score (nSPS) is 10.4. The van der Waals surface area contributed by atoms with Gasteiger partial charge in [0.1, 0.15) is 10.9 Å². The molecule has 0 spiro atoms. The van der Waals surface area contributed by atoms with Gasteiger partial charge in [-0.25, -0.2) is 0 Å². The first kappa shape index (κ1) is 9.53. The highest BCUT2D eigenvalue weighted by Crippen LogP contribution is 2.33. The van der Waals surface area contributed by atoms with Crippen LogP contribution in [0.3, 0.4) is 0 Å². The quantitative estimate of drug-likeness (QED) is 0.727. The van der Waals surface area contributed by atoms with Crippen LogP contribution in [0, 0.1) is 11.3 Å². The molecule has 0 aliphatic carbocycles. The first-order chi connectivity index (χ1) is 6.76. The largest absolute Gasteiger partial charge is 0.392 e. The third-order valence-corrected chi connectivity index (χ3v) is 3.70. The van der Waals surface area contributed by atoms with Gasteiger partial charge in [0.2, 0.25) is 0 Å². The van der Waals surface area contributed by atoms with E-state index in [0.717, 1.165) is 15.6 Å². The molecule has 0 bridgehead atoms. The Morgan fingerprint density at radius 2 is 2.29 bits per heavy atom. The Morgan fingerprint density at radius 1 is 1.50 bits per heavy atom. The first-order valence-corrected chi connectivity index (χ1v) is 5.28. The Bertz CT molecular complexity index is 525. The number of aliphatic hydroxyl groups is 1. The number of aliphatic hydroxyl groups excluding tert-OH is 1. The van der Waals surface area contributed by atoms with E-state index < -0.39 is 0 Å². The van der Waals surface area contributed by atoms with Crippen molar-refractivity contribution in [2.24, 2.45) is 0 Å². The van der Waals surface area contributed by atoms with Crippen LogP contribution in [0.4, 0.5) is 0 Å². The zero-order valence-corrected chi connectivity index (χ0v) is 8.90. The fourth-order valence-electron chi connectivity index (χ4n) is 1.31. The van der Waals surface area contributed by atoms with E-state index in [1.54, 1.807) is 0 Å². The Hall–Kier alpha value is -1.02. The third-order valence-electron chi connectivity index (χ3n) is 2.01. The second kappa shape index (κ2) is 3.62. The third kappa shape index (κ3) is 1.40. The van der Waals surface area contributed by atoms with E-state index in [4.69, 9.17) is 10.4 Å². The number of nitrogens with zero attached hydrogens (tertiary/aromatic N) is 1. The van der Waals surface area contributed by atoms with E-state index in [-0.39, 0.29) is 6.61 Å². The van der Waals surface area contributed by atoms with Crippen LogP contribution in [0.1, 0.15) is 10.4 Å². The zero-order chi connectivity index (χ0) is 10.1. The maximum atomic E-state index is 8.97. The Balaban J connectivity index is 2.76. The van der Waals surface area contributed by atoms with Crippen LogP contribution in [-0.4, -0.2) is 5.11 Å². The maximum Gasteiger partial charge on any atom is 0.119 e. The van der Waals surface area contributed by atoms with Gasteiger partial charge in [-0.15, -0.1) is 24.0 Å². The lowest BCUT2D eigenvalue weighted by Crippen LogP contribution is -1.80. The lowest BCUT2D eigenvalue weighted by Gasteiger charge is -1.95. The van der Waals surface area contributed by atoms with Gasteiger partial charge >= 0.3 is 0 Å². The van der Waals surface area contributed by atoms with Gasteiger partial charge < -0.3 is 5.11 Å². The molecule has 0 amide bonds. The molecule has 1 N–H and O–H groups in total. The molecule has 0 unspecified atom stereocenters. The molecule has 0 fully saturated rings. The number of benzene rings is 1. The van der Waals surface area contributed by atoms with Crippen LogP contribution in [0.25, 0.3) is 10.1 Å². The summed E-state index contributed by atoms with van der Waals surface area (Å²) in [5.41, 5.74) is 0.843. The molecule has 2 nitrogen and oxygen atoms in total. The number of fused-ring (bicyclic) bond motifs is 1. The van der Waals surface area contributed by atoms with Crippen molar-refractivity contribution >= 4 is 34.1 Å². The Kier molecular flexibility index (Phi) is 2.46. The van der Waals surface area contributed by atoms with Crippen molar-refractivity contribution in [1.29, 1.82) is 5.26 Å². The summed E-state index contributed by atoms with van der Waals surface area (Å²) in [6, 6.07) is 7.74. The van der Waals surface area contributed by atoms with Crippen LogP contribution >= 0.6 is 24.0 Å². The summed E-state index contributed by atoms with van der Waals surface area (Å²) in [6.45, 7) is 0.0148. The van der Waals surface area contributed by atoms with E-state index in [0.29, 0.717) is 9.77 Å². The van der Waals surface area contributed by atoms with Crippen molar-refractivity contribution in [3.8, 4) is 6.07 Å². The highest BCUT2D eigenvalue weighted by Gasteiger charge is 2.08. The summed E-state index contributed by atoms with van der Waals surface area (Å²) in [5, 5.41) is 18.7. The number of rotatable bonds is 1. The molecule has 1 aromatic carbocycles. The molecule has 4 heteroatoms. The van der Waals surface area contributed by atoms with Crippen LogP contribution < -0.4 is 0 Å². The fraction of sp³-hybridized carbons (Fsp3) is 0.100. The minimum absolute atomic E-state index is 0.0148. The van der Waals surface area contributed by atoms with Crippen LogP contribution in [0.15, 0.2) is 23.1 Å². The van der Waals surface area contributed by atoms with Gasteiger partial charge in [-0.3, -0.25) is 0 Å². The predicted molar refractivity (Wildman–Crippen MR) is 59.7 cm³/mol. The van der Waals surface area contributed by atoms with Gasteiger partial charge in [-0.05, 0) is 17.7 Å². The number of thiophene rings is 1. The molecule has 70 valence electrons. The van der Waals surface area contributed by atoms with Crippen molar-refractivity contribution in [1.82, 2.24) is 0 Å². The van der Waals surface area contributed by atoms with Crippen molar-refractivity contribution in [2.75, 3.05) is 0 Å². The van der Waals surface area contributed by atoms with Gasteiger partial charge in [-0.2, -0.15) is 5.26 Å². The Labute approximate surface area is 90.8 Å². The van der Waals surface area contributed by atoms with Crippen LogP contribution in [0.5, 0.6) is 0 Å². The van der Waals surface area contributed by atoms with E-state index in [9.17, 15) is 0 Å². The van der Waals surface area contributed by atoms with E-state index in [2.05, 4.69) is 18.7 Å². The number of hydrogen-bond donors (Lipinski definition) is 2. The van der Waals surface area contributed by atoms with Gasteiger partial charge in [0, 0.05) is 15.0 Å². The molecule has 14 heavy (non-hydrogen) atoms. The topological polar surface area (TPSA) is 44.0 Å². The zero-order valence-electron chi connectivity index (χ0n) is 7.19. The molecule has 0 aliphatic heterocycles. The summed E-state index contributed by atoms with van der Waals surface area (Å²) in [6.07, 6.45) is 0.